The summed E-state index contributed by atoms with van der Waals surface area (Å²) in [4.78, 5) is 121. The van der Waals surface area contributed by atoms with Crippen molar-refractivity contribution in [2.24, 2.45) is 0 Å². The summed E-state index contributed by atoms with van der Waals surface area (Å²) < 4.78 is 237. The van der Waals surface area contributed by atoms with Crippen molar-refractivity contribution >= 4 is 39.7 Å². The molecule has 5 aromatic carbocycles. The van der Waals surface area contributed by atoms with Crippen LogP contribution in [0.2, 0.25) is 0 Å². The standard InChI is InChI=1S/C21H23F3N2O4.2C20H22F3N3O3.C19H20F3N3O5S.C16H15F3N2O4/c1-3-30-19(29)17-18(28)16(27)11-26(25-17)12-20(6-4-5-7-20)14-8-13(2)9-15(10-14)21(22,23)24;1-25(2)18(29)16-17(28)15(27)11-26(24-16)12-19(8-3-4-9-19)13-6-5-7-14(10-13)20(21,22)23;1-2-24-18(29)16-17(28)15(27)11-26(25-16)12-19(8-3-4-9-19)13-6-5-7-14(10-13)20(21,22)23;1-31(29,30)24-17(28)15-16(27)14(26)10-25(23-15)11-18(7-2-3-8-18)12-5-4-6-13(9-12)19(20,21)22;1-2-25-15(24)13-14(23)12(22)9-21(20-13)8-7-10-5-3-4-6-11(10)16(17,18)19/h8-11,27H,3-7,12H2,1-2H3;5-7,10-11,27H,3-4,8-9,12H2,1-2H3;5-7,10-11,27H,2-4,8-9,12H2,1H3,(H,24,29);4-6,9-10,26H,2-3,7-8,11H2,1H3,(H,24,28);3-6,9,22H,2,7-8H2,1H3. The number of sulfonamides is 1. The number of hydrogen-bond acceptors (Lipinski definition) is 24. The monoisotopic (exact) mass is 2060 g/mol. The Labute approximate surface area is 811 Å². The largest absolute Gasteiger partial charge is 0.503 e. The highest BCUT2D eigenvalue weighted by atomic mass is 32.2. The second kappa shape index (κ2) is 45.6. The summed E-state index contributed by atoms with van der Waals surface area (Å²) in [6, 6.07) is 24.5. The van der Waals surface area contributed by atoms with Gasteiger partial charge in [0.2, 0.25) is 27.1 Å². The third-order valence-corrected chi connectivity index (χ3v) is 25.3. The number of benzene rings is 5. The quantitative estimate of drug-likeness (QED) is 0.0218. The first-order chi connectivity index (χ1) is 67.3. The van der Waals surface area contributed by atoms with Gasteiger partial charge in [-0.15, -0.1) is 0 Å². The van der Waals surface area contributed by atoms with Gasteiger partial charge < -0.3 is 45.2 Å². The molecular formula is C96H102F15N13O19S. The van der Waals surface area contributed by atoms with E-state index in [1.807, 2.05) is 0 Å². The molecule has 776 valence electrons. The number of carbonyl (C=O) groups excluding carboxylic acids is 5. The fraction of sp³-hybridized carbons (Fsp3) is 0.427. The number of aryl methyl sites for hydroxylation is 3. The van der Waals surface area contributed by atoms with Crippen molar-refractivity contribution in [3.05, 3.63) is 287 Å². The summed E-state index contributed by atoms with van der Waals surface area (Å²) in [5, 5.41) is 71.8. The number of alkyl halides is 15. The van der Waals surface area contributed by atoms with Crippen molar-refractivity contribution in [3.8, 4) is 28.7 Å². The minimum absolute atomic E-state index is 0.00850. The van der Waals surface area contributed by atoms with Crippen LogP contribution >= 0.6 is 0 Å². The summed E-state index contributed by atoms with van der Waals surface area (Å²) >= 11 is 0. The smallest absolute Gasteiger partial charge is 0.416 e. The number of nitrogens with one attached hydrogen (secondary N) is 2. The molecule has 48 heteroatoms. The highest BCUT2D eigenvalue weighted by Gasteiger charge is 2.46. The Balaban J connectivity index is 0.000000185. The molecule has 4 aliphatic rings. The zero-order chi connectivity index (χ0) is 106. The van der Waals surface area contributed by atoms with Crippen LogP contribution in [0.15, 0.2) is 170 Å². The predicted molar refractivity (Wildman–Crippen MR) is 487 cm³/mol. The predicted octanol–water partition coefficient (Wildman–Crippen LogP) is 14.9. The lowest BCUT2D eigenvalue weighted by atomic mass is 9.77. The second-order valence-corrected chi connectivity index (χ2v) is 37.1. The van der Waals surface area contributed by atoms with Crippen LogP contribution in [0.3, 0.4) is 0 Å². The molecule has 3 amide bonds. The van der Waals surface area contributed by atoms with Gasteiger partial charge in [-0.2, -0.15) is 91.3 Å². The third kappa shape index (κ3) is 27.8. The number of esters is 2. The molecule has 5 heterocycles. The summed E-state index contributed by atoms with van der Waals surface area (Å²) in [6.45, 7) is 7.05. The van der Waals surface area contributed by atoms with Crippen molar-refractivity contribution in [2.75, 3.05) is 40.1 Å². The maximum atomic E-state index is 13.4. The van der Waals surface area contributed by atoms with Crippen molar-refractivity contribution in [1.29, 1.82) is 0 Å². The Hall–Kier alpha value is -14.3. The van der Waals surface area contributed by atoms with E-state index < -0.39 is 204 Å². The van der Waals surface area contributed by atoms with Gasteiger partial charge in [-0.25, -0.2) is 22.7 Å². The molecule has 4 fully saturated rings. The number of rotatable bonds is 24. The fourth-order valence-electron chi connectivity index (χ4n) is 18.0. The van der Waals surface area contributed by atoms with E-state index in [4.69, 9.17) is 4.74 Å². The Morgan fingerprint density at radius 3 is 1.03 bits per heavy atom. The number of nitrogens with zero attached hydrogens (tertiary/aromatic N) is 11. The fourth-order valence-corrected chi connectivity index (χ4v) is 18.4. The van der Waals surface area contributed by atoms with Gasteiger partial charge in [0.25, 0.3) is 44.9 Å². The van der Waals surface area contributed by atoms with Crippen LogP contribution in [0.25, 0.3) is 0 Å². The molecule has 5 aromatic heterocycles. The zero-order valence-electron chi connectivity index (χ0n) is 78.5. The lowest BCUT2D eigenvalue weighted by Gasteiger charge is -2.31. The normalized spacial score (nSPS) is 15.2. The van der Waals surface area contributed by atoms with Gasteiger partial charge in [0.15, 0.2) is 40.1 Å². The molecular weight excluding hydrogens is 1960 g/mol. The number of hydrogen-bond donors (Lipinski definition) is 7. The second-order valence-electron chi connectivity index (χ2n) is 35.4. The van der Waals surface area contributed by atoms with Crippen LogP contribution in [0.5, 0.6) is 28.7 Å². The molecule has 7 N–H and O–H groups in total. The van der Waals surface area contributed by atoms with Gasteiger partial charge in [0.1, 0.15) is 0 Å². The first kappa shape index (κ1) is 112. The topological polar surface area (TPSA) is 441 Å². The molecule has 0 spiro atoms. The summed E-state index contributed by atoms with van der Waals surface area (Å²) in [5.74, 6) is -8.11. The molecule has 144 heavy (non-hydrogen) atoms. The Kier molecular flexibility index (Phi) is 35.3. The molecule has 0 radical (unpaired) electrons. The number of carbonyl (C=O) groups is 5. The highest BCUT2D eigenvalue weighted by molar-refractivity contribution is 7.89. The van der Waals surface area contributed by atoms with Gasteiger partial charge in [-0.3, -0.25) is 61.8 Å². The molecule has 32 nitrogen and oxygen atoms in total. The molecule has 0 aliphatic heterocycles. The van der Waals surface area contributed by atoms with Gasteiger partial charge in [-0.1, -0.05) is 136 Å². The molecule has 0 atom stereocenters. The summed E-state index contributed by atoms with van der Waals surface area (Å²) in [7, 11) is -1.07. The third-order valence-electron chi connectivity index (χ3n) is 24.8. The van der Waals surface area contributed by atoms with Gasteiger partial charge in [0.05, 0.1) is 104 Å². The van der Waals surface area contributed by atoms with Crippen molar-refractivity contribution in [1.82, 2.24) is 63.8 Å². The lowest BCUT2D eigenvalue weighted by molar-refractivity contribution is -0.139. The van der Waals surface area contributed by atoms with Crippen molar-refractivity contribution < 1.29 is 133 Å². The maximum Gasteiger partial charge on any atom is 0.416 e. The maximum absolute atomic E-state index is 13.4. The van der Waals surface area contributed by atoms with Crippen LogP contribution in [-0.2, 0) is 111 Å². The summed E-state index contributed by atoms with van der Waals surface area (Å²) in [5.41, 5.74) is -11.6. The highest BCUT2D eigenvalue weighted by Crippen LogP contribution is 2.49. The Bertz CT molecular complexity index is 6810. The number of aromatic nitrogens is 10. The number of ether oxygens (including phenoxy) is 2. The molecule has 0 bridgehead atoms. The van der Waals surface area contributed by atoms with E-state index in [1.54, 1.807) is 49.8 Å². The van der Waals surface area contributed by atoms with Gasteiger partial charge in [0, 0.05) is 48.8 Å². The first-order valence-electron chi connectivity index (χ1n) is 45.1. The van der Waals surface area contributed by atoms with E-state index >= 15 is 0 Å². The number of aromatic hydroxyl groups is 5. The average Bonchev–Trinajstić information content (AvgIpc) is 1.55. The minimum atomic E-state index is -4.51. The summed E-state index contributed by atoms with van der Waals surface area (Å²) in [6.07, 6.45) is -5.04. The zero-order valence-corrected chi connectivity index (χ0v) is 79.3. The Morgan fingerprint density at radius 1 is 0.396 bits per heavy atom. The average molecular weight is 2060 g/mol. The molecule has 4 aliphatic carbocycles. The van der Waals surface area contributed by atoms with E-state index in [2.05, 4.69) is 35.5 Å². The van der Waals surface area contributed by atoms with Crippen LogP contribution in [0, 0.1) is 6.92 Å². The van der Waals surface area contributed by atoms with E-state index in [9.17, 15) is 148 Å². The molecule has 0 saturated heterocycles. The van der Waals surface area contributed by atoms with E-state index in [0.29, 0.717) is 85.4 Å². The number of halogens is 15. The van der Waals surface area contributed by atoms with Crippen LogP contribution in [0.4, 0.5) is 65.9 Å². The van der Waals surface area contributed by atoms with E-state index in [1.165, 1.54) is 76.4 Å². The van der Waals surface area contributed by atoms with Crippen LogP contribution in [0.1, 0.15) is 237 Å². The Morgan fingerprint density at radius 2 is 0.701 bits per heavy atom. The van der Waals surface area contributed by atoms with E-state index in [-0.39, 0.29) is 64.5 Å². The van der Waals surface area contributed by atoms with Crippen molar-refractivity contribution in [2.45, 2.75) is 222 Å². The van der Waals surface area contributed by atoms with Crippen LogP contribution < -0.4 is 37.2 Å². The van der Waals surface area contributed by atoms with Gasteiger partial charge in [-0.05, 0) is 150 Å². The van der Waals surface area contributed by atoms with Crippen molar-refractivity contribution in [3.63, 3.8) is 0 Å². The SMILES string of the molecule is CCNC(=O)c1nn(CC2(c3cccc(C(F)(F)F)c3)CCCC2)cc(O)c1=O.CCOC(=O)c1nn(CC2(c3cc(C)cc(C(F)(F)F)c3)CCCC2)cc(O)c1=O.CCOC(=O)c1nn(CCc2ccccc2C(F)(F)F)cc(O)c1=O.CN(C)C(=O)c1nn(CC2(c3cccc(C(F)(F)F)c3)CCCC2)cc(O)c1=O.CS(=O)(=O)NC(=O)c1nn(CC2(c3cccc(C(F)(F)F)c3)CCCC2)cc(O)c1=O. The van der Waals surface area contributed by atoms with Crippen LogP contribution in [-0.4, -0.2) is 158 Å². The van der Waals surface area contributed by atoms with E-state index in [0.717, 1.165) is 146 Å². The molecule has 0 unspecified atom stereocenters. The molecule has 14 rings (SSSR count). The minimum Gasteiger partial charge on any atom is -0.503 e. The number of amides is 3. The van der Waals surface area contributed by atoms with Gasteiger partial charge >= 0.3 is 42.8 Å². The first-order valence-corrected chi connectivity index (χ1v) is 47.0. The lowest BCUT2D eigenvalue weighted by Crippen LogP contribution is -2.36. The molecule has 4 saturated carbocycles. The molecule has 10 aromatic rings.